The second-order valence-corrected chi connectivity index (χ2v) is 6.80. The van der Waals surface area contributed by atoms with E-state index in [-0.39, 0.29) is 6.10 Å². The van der Waals surface area contributed by atoms with Crippen LogP contribution in [0.5, 0.6) is 0 Å². The summed E-state index contributed by atoms with van der Waals surface area (Å²) in [7, 11) is 0. The van der Waals surface area contributed by atoms with Crippen LogP contribution in [0.1, 0.15) is 74.7 Å². The molecule has 118 valence electrons. The van der Waals surface area contributed by atoms with Crippen molar-refractivity contribution in [3.05, 3.63) is 47.0 Å². The van der Waals surface area contributed by atoms with Crippen molar-refractivity contribution in [3.8, 4) is 0 Å². The van der Waals surface area contributed by atoms with Crippen molar-refractivity contribution < 1.29 is 5.11 Å². The molecule has 1 N–H and O–H groups in total. The second kappa shape index (κ2) is 7.28. The first-order chi connectivity index (χ1) is 10.8. The summed E-state index contributed by atoms with van der Waals surface area (Å²) in [5.74, 6) is 0. The van der Waals surface area contributed by atoms with Gasteiger partial charge >= 0.3 is 0 Å². The Bertz CT molecular complexity index is 629. The van der Waals surface area contributed by atoms with E-state index < -0.39 is 0 Å². The molecule has 0 amide bonds. The lowest BCUT2D eigenvalue weighted by Crippen LogP contribution is -2.02. The molecule has 3 rings (SSSR count). The van der Waals surface area contributed by atoms with E-state index in [1.54, 1.807) is 0 Å². The number of aliphatic hydroxyl groups excluding tert-OH is 1. The second-order valence-electron chi connectivity index (χ2n) is 6.80. The van der Waals surface area contributed by atoms with Crippen LogP contribution in [0.3, 0.4) is 0 Å². The minimum Gasteiger partial charge on any atom is -0.388 e. The van der Waals surface area contributed by atoms with Gasteiger partial charge in [0, 0.05) is 0 Å². The van der Waals surface area contributed by atoms with E-state index in [1.807, 2.05) is 0 Å². The molecule has 0 bridgehead atoms. The van der Waals surface area contributed by atoms with Gasteiger partial charge in [-0.2, -0.15) is 0 Å². The summed E-state index contributed by atoms with van der Waals surface area (Å²) in [6.45, 7) is 2.22. The molecular weight excluding hydrogens is 268 g/mol. The number of hydrogen-bond donors (Lipinski definition) is 1. The topological polar surface area (TPSA) is 20.2 Å². The normalized spacial score (nSPS) is 15.7. The van der Waals surface area contributed by atoms with E-state index in [4.69, 9.17) is 0 Å². The molecule has 0 radical (unpaired) electrons. The van der Waals surface area contributed by atoms with Crippen molar-refractivity contribution in [2.45, 2.75) is 70.8 Å². The van der Waals surface area contributed by atoms with Gasteiger partial charge < -0.3 is 5.11 Å². The van der Waals surface area contributed by atoms with Gasteiger partial charge in [-0.05, 0) is 65.6 Å². The fourth-order valence-electron chi connectivity index (χ4n) is 3.65. The summed E-state index contributed by atoms with van der Waals surface area (Å²) in [4.78, 5) is 0. The van der Waals surface area contributed by atoms with Gasteiger partial charge in [-0.25, -0.2) is 0 Å². The fourth-order valence-corrected chi connectivity index (χ4v) is 3.65. The maximum atomic E-state index is 10.4. The molecule has 1 atom stereocenters. The minimum absolute atomic E-state index is 0.308. The smallest absolute Gasteiger partial charge is 0.0790 e. The molecule has 0 fully saturated rings. The Labute approximate surface area is 134 Å². The van der Waals surface area contributed by atoms with Crippen molar-refractivity contribution in [3.63, 3.8) is 0 Å². The lowest BCUT2D eigenvalue weighted by molar-refractivity contribution is 0.163. The number of rotatable bonds is 6. The predicted molar refractivity (Wildman–Crippen MR) is 94.3 cm³/mol. The SMILES string of the molecule is CCCCCCC(O)c1ccc2cc3c(cc2c1)CCCC3. The highest BCUT2D eigenvalue weighted by Gasteiger charge is 2.12. The van der Waals surface area contributed by atoms with E-state index >= 15 is 0 Å². The predicted octanol–water partition coefficient (Wildman–Crippen LogP) is 5.72. The maximum Gasteiger partial charge on any atom is 0.0790 e. The number of fused-ring (bicyclic) bond motifs is 2. The summed E-state index contributed by atoms with van der Waals surface area (Å²) in [6, 6.07) is 11.2. The van der Waals surface area contributed by atoms with Crippen molar-refractivity contribution in [1.29, 1.82) is 0 Å². The highest BCUT2D eigenvalue weighted by Crippen LogP contribution is 2.29. The van der Waals surface area contributed by atoms with Crippen LogP contribution in [-0.4, -0.2) is 5.11 Å². The zero-order valence-corrected chi connectivity index (χ0v) is 13.8. The highest BCUT2D eigenvalue weighted by atomic mass is 16.3. The first-order valence-electron chi connectivity index (χ1n) is 9.01. The third kappa shape index (κ3) is 3.52. The molecule has 0 saturated carbocycles. The summed E-state index contributed by atoms with van der Waals surface area (Å²) in [5.41, 5.74) is 4.14. The molecule has 0 saturated heterocycles. The molecule has 1 unspecified atom stereocenters. The fraction of sp³-hybridized carbons (Fsp3) is 0.524. The first kappa shape index (κ1) is 15.6. The third-order valence-corrected chi connectivity index (χ3v) is 5.04. The molecule has 2 aromatic carbocycles. The Kier molecular flexibility index (Phi) is 5.15. The van der Waals surface area contributed by atoms with Crippen LogP contribution >= 0.6 is 0 Å². The van der Waals surface area contributed by atoms with E-state index in [2.05, 4.69) is 37.3 Å². The van der Waals surface area contributed by atoms with Crippen LogP contribution in [0.15, 0.2) is 30.3 Å². The Morgan fingerprint density at radius 1 is 0.909 bits per heavy atom. The van der Waals surface area contributed by atoms with Gasteiger partial charge in [0.2, 0.25) is 0 Å². The molecule has 1 nitrogen and oxygen atoms in total. The van der Waals surface area contributed by atoms with Gasteiger partial charge in [-0.15, -0.1) is 0 Å². The third-order valence-electron chi connectivity index (χ3n) is 5.04. The quantitative estimate of drug-likeness (QED) is 0.676. The van der Waals surface area contributed by atoms with Crippen LogP contribution in [0.2, 0.25) is 0 Å². The van der Waals surface area contributed by atoms with Gasteiger partial charge in [0.25, 0.3) is 0 Å². The molecule has 22 heavy (non-hydrogen) atoms. The van der Waals surface area contributed by atoms with Gasteiger partial charge in [-0.1, -0.05) is 56.9 Å². The summed E-state index contributed by atoms with van der Waals surface area (Å²) in [6.07, 6.45) is 10.5. The van der Waals surface area contributed by atoms with Gasteiger partial charge in [-0.3, -0.25) is 0 Å². The molecule has 1 aliphatic rings. The van der Waals surface area contributed by atoms with Crippen molar-refractivity contribution in [2.75, 3.05) is 0 Å². The van der Waals surface area contributed by atoms with Gasteiger partial charge in [0.1, 0.15) is 0 Å². The van der Waals surface area contributed by atoms with Crippen molar-refractivity contribution in [2.24, 2.45) is 0 Å². The highest BCUT2D eigenvalue weighted by molar-refractivity contribution is 5.85. The van der Waals surface area contributed by atoms with Gasteiger partial charge in [0.05, 0.1) is 6.10 Å². The molecule has 2 aromatic rings. The molecule has 0 aliphatic heterocycles. The van der Waals surface area contributed by atoms with Gasteiger partial charge in [0.15, 0.2) is 0 Å². The molecule has 0 heterocycles. The largest absolute Gasteiger partial charge is 0.388 e. The van der Waals surface area contributed by atoms with Crippen molar-refractivity contribution in [1.82, 2.24) is 0 Å². The number of hydrogen-bond acceptors (Lipinski definition) is 1. The Morgan fingerprint density at radius 3 is 2.36 bits per heavy atom. The van der Waals surface area contributed by atoms with E-state index in [0.717, 1.165) is 18.4 Å². The lowest BCUT2D eigenvalue weighted by atomic mass is 9.88. The minimum atomic E-state index is -0.308. The molecule has 0 spiro atoms. The summed E-state index contributed by atoms with van der Waals surface area (Å²) in [5, 5.41) is 13.0. The standard InChI is InChI=1S/C21H28O/c1-2-3-4-5-10-21(22)19-12-11-18-13-16-8-6-7-9-17(16)14-20(18)15-19/h11-15,21-22H,2-10H2,1H3. The monoisotopic (exact) mass is 296 g/mol. The Morgan fingerprint density at radius 2 is 1.64 bits per heavy atom. The number of aliphatic hydroxyl groups is 1. The molecule has 1 aliphatic carbocycles. The van der Waals surface area contributed by atoms with Crippen LogP contribution in [0, 0.1) is 0 Å². The zero-order valence-electron chi connectivity index (χ0n) is 13.8. The van der Waals surface area contributed by atoms with Crippen LogP contribution in [0.25, 0.3) is 10.8 Å². The molecule has 1 heteroatoms. The lowest BCUT2D eigenvalue weighted by Gasteiger charge is -2.17. The number of benzene rings is 2. The van der Waals surface area contributed by atoms with E-state index in [9.17, 15) is 5.11 Å². The van der Waals surface area contributed by atoms with E-state index in [0.29, 0.717) is 0 Å². The summed E-state index contributed by atoms with van der Waals surface area (Å²) < 4.78 is 0. The van der Waals surface area contributed by atoms with Crippen LogP contribution in [-0.2, 0) is 12.8 Å². The Balaban J connectivity index is 1.77. The van der Waals surface area contributed by atoms with Crippen LogP contribution < -0.4 is 0 Å². The van der Waals surface area contributed by atoms with Crippen LogP contribution in [0.4, 0.5) is 0 Å². The zero-order chi connectivity index (χ0) is 15.4. The Hall–Kier alpha value is -1.34. The number of unbranched alkanes of at least 4 members (excludes halogenated alkanes) is 3. The average molecular weight is 296 g/mol. The average Bonchev–Trinajstić information content (AvgIpc) is 2.56. The molecule has 0 aromatic heterocycles. The maximum absolute atomic E-state index is 10.4. The first-order valence-corrected chi connectivity index (χ1v) is 9.01. The van der Waals surface area contributed by atoms with E-state index in [1.165, 1.54) is 66.8 Å². The number of aryl methyl sites for hydroxylation is 2. The molecular formula is C21H28O. The van der Waals surface area contributed by atoms with Crippen molar-refractivity contribution >= 4 is 10.8 Å². The summed E-state index contributed by atoms with van der Waals surface area (Å²) >= 11 is 0.